The first-order chi connectivity index (χ1) is 11.3. The van der Waals surface area contributed by atoms with E-state index in [2.05, 4.69) is 15.2 Å². The Bertz CT molecular complexity index is 934. The first-order valence-corrected chi connectivity index (χ1v) is 8.65. The molecule has 4 rings (SSSR count). The van der Waals surface area contributed by atoms with Gasteiger partial charge in [-0.1, -0.05) is 36.0 Å². The maximum atomic E-state index is 13.7. The SMILES string of the molecule is Fc1ccccc1-c1nnc(CSc2nc3ccccc3s2)o1. The van der Waals surface area contributed by atoms with E-state index in [1.165, 1.54) is 17.8 Å². The molecule has 0 unspecified atom stereocenters. The van der Waals surface area contributed by atoms with Crippen LogP contribution in [0.4, 0.5) is 4.39 Å². The molecule has 0 aliphatic heterocycles. The summed E-state index contributed by atoms with van der Waals surface area (Å²) in [5.41, 5.74) is 1.30. The molecule has 4 aromatic rings. The third kappa shape index (κ3) is 2.97. The molecule has 0 fully saturated rings. The van der Waals surface area contributed by atoms with Crippen LogP contribution in [0.25, 0.3) is 21.7 Å². The van der Waals surface area contributed by atoms with Crippen LogP contribution >= 0.6 is 23.1 Å². The van der Waals surface area contributed by atoms with Gasteiger partial charge in [0.1, 0.15) is 5.82 Å². The molecule has 0 aliphatic carbocycles. The maximum absolute atomic E-state index is 13.7. The molecule has 0 spiro atoms. The normalized spacial score (nSPS) is 11.2. The number of thiazole rings is 1. The first-order valence-electron chi connectivity index (χ1n) is 6.85. The second kappa shape index (κ2) is 6.10. The van der Waals surface area contributed by atoms with E-state index >= 15 is 0 Å². The lowest BCUT2D eigenvalue weighted by molar-refractivity contribution is 0.522. The fourth-order valence-electron chi connectivity index (χ4n) is 2.09. The number of thioether (sulfide) groups is 1. The number of aromatic nitrogens is 3. The minimum atomic E-state index is -0.374. The van der Waals surface area contributed by atoms with E-state index in [0.29, 0.717) is 17.2 Å². The summed E-state index contributed by atoms with van der Waals surface area (Å²) in [6.45, 7) is 0. The molecular formula is C16H10FN3OS2. The van der Waals surface area contributed by atoms with Crippen molar-refractivity contribution in [2.45, 2.75) is 10.1 Å². The van der Waals surface area contributed by atoms with Crippen LogP contribution < -0.4 is 0 Å². The molecule has 2 heterocycles. The average Bonchev–Trinajstić information content (AvgIpc) is 3.19. The van der Waals surface area contributed by atoms with Crippen LogP contribution in [0.3, 0.4) is 0 Å². The molecule has 0 bridgehead atoms. The highest BCUT2D eigenvalue weighted by molar-refractivity contribution is 8.00. The van der Waals surface area contributed by atoms with Gasteiger partial charge < -0.3 is 4.42 Å². The van der Waals surface area contributed by atoms with Crippen LogP contribution in [0.2, 0.25) is 0 Å². The minimum absolute atomic E-state index is 0.197. The molecule has 0 amide bonds. The highest BCUT2D eigenvalue weighted by Gasteiger charge is 2.13. The van der Waals surface area contributed by atoms with Gasteiger partial charge in [-0.3, -0.25) is 0 Å². The van der Waals surface area contributed by atoms with Crippen molar-refractivity contribution in [3.8, 4) is 11.5 Å². The van der Waals surface area contributed by atoms with E-state index in [0.717, 1.165) is 14.6 Å². The second-order valence-corrected chi connectivity index (χ2v) is 6.97. The van der Waals surface area contributed by atoms with Gasteiger partial charge in [-0.05, 0) is 24.3 Å². The molecule has 23 heavy (non-hydrogen) atoms. The zero-order valence-electron chi connectivity index (χ0n) is 11.8. The molecule has 0 N–H and O–H groups in total. The lowest BCUT2D eigenvalue weighted by Gasteiger charge is -1.95. The molecule has 4 nitrogen and oxygen atoms in total. The number of benzene rings is 2. The van der Waals surface area contributed by atoms with Crippen LogP contribution in [0.15, 0.2) is 57.3 Å². The van der Waals surface area contributed by atoms with Crippen molar-refractivity contribution < 1.29 is 8.81 Å². The van der Waals surface area contributed by atoms with Gasteiger partial charge in [0.05, 0.1) is 21.5 Å². The Balaban J connectivity index is 1.51. The maximum Gasteiger partial charge on any atom is 0.250 e. The lowest BCUT2D eigenvalue weighted by Crippen LogP contribution is -1.82. The number of fused-ring (bicyclic) bond motifs is 1. The van der Waals surface area contributed by atoms with Crippen molar-refractivity contribution in [3.05, 3.63) is 60.2 Å². The Morgan fingerprint density at radius 2 is 1.87 bits per heavy atom. The van der Waals surface area contributed by atoms with Crippen molar-refractivity contribution in [3.63, 3.8) is 0 Å². The number of nitrogens with zero attached hydrogens (tertiary/aromatic N) is 3. The van der Waals surface area contributed by atoms with Gasteiger partial charge in [0.2, 0.25) is 5.89 Å². The minimum Gasteiger partial charge on any atom is -0.420 e. The fraction of sp³-hybridized carbons (Fsp3) is 0.0625. The largest absolute Gasteiger partial charge is 0.420 e. The van der Waals surface area contributed by atoms with E-state index in [1.54, 1.807) is 29.5 Å². The van der Waals surface area contributed by atoms with Crippen LogP contribution in [0.5, 0.6) is 0 Å². The average molecular weight is 343 g/mol. The summed E-state index contributed by atoms with van der Waals surface area (Å²) in [5.74, 6) is 0.776. The smallest absolute Gasteiger partial charge is 0.250 e. The standard InChI is InChI=1S/C16H10FN3OS2/c17-11-6-2-1-5-10(11)15-20-19-14(21-15)9-22-16-18-12-7-3-4-8-13(12)23-16/h1-8H,9H2. The van der Waals surface area contributed by atoms with Crippen molar-refractivity contribution in [1.29, 1.82) is 0 Å². The predicted octanol–water partition coefficient (Wildman–Crippen LogP) is 4.78. The summed E-state index contributed by atoms with van der Waals surface area (Å²) < 4.78 is 21.3. The van der Waals surface area contributed by atoms with Crippen molar-refractivity contribution in [1.82, 2.24) is 15.2 Å². The molecule has 114 valence electrons. The summed E-state index contributed by atoms with van der Waals surface area (Å²) >= 11 is 3.15. The molecule has 0 aliphatic rings. The van der Waals surface area contributed by atoms with Crippen molar-refractivity contribution >= 4 is 33.3 Å². The molecule has 0 saturated carbocycles. The zero-order chi connectivity index (χ0) is 15.6. The Kier molecular flexibility index (Phi) is 3.80. The molecule has 0 saturated heterocycles. The highest BCUT2D eigenvalue weighted by atomic mass is 32.2. The molecule has 0 radical (unpaired) electrons. The van der Waals surface area contributed by atoms with E-state index in [4.69, 9.17) is 4.42 Å². The molecule has 2 aromatic heterocycles. The van der Waals surface area contributed by atoms with Crippen LogP contribution in [0, 0.1) is 5.82 Å². The van der Waals surface area contributed by atoms with Crippen LogP contribution in [0.1, 0.15) is 5.89 Å². The molecule has 7 heteroatoms. The Labute approximate surface area is 139 Å². The molecular weight excluding hydrogens is 333 g/mol. The highest BCUT2D eigenvalue weighted by Crippen LogP contribution is 2.31. The van der Waals surface area contributed by atoms with Gasteiger partial charge in [0, 0.05) is 0 Å². The van der Waals surface area contributed by atoms with E-state index in [1.807, 2.05) is 24.3 Å². The van der Waals surface area contributed by atoms with Gasteiger partial charge >= 0.3 is 0 Å². The van der Waals surface area contributed by atoms with Crippen molar-refractivity contribution in [2.24, 2.45) is 0 Å². The van der Waals surface area contributed by atoms with E-state index < -0.39 is 0 Å². The number of para-hydroxylation sites is 1. The summed E-state index contributed by atoms with van der Waals surface area (Å²) in [6.07, 6.45) is 0. The van der Waals surface area contributed by atoms with Gasteiger partial charge in [-0.15, -0.1) is 21.5 Å². The van der Waals surface area contributed by atoms with Gasteiger partial charge in [-0.2, -0.15) is 0 Å². The van der Waals surface area contributed by atoms with Crippen LogP contribution in [-0.2, 0) is 5.75 Å². The van der Waals surface area contributed by atoms with Gasteiger partial charge in [0.25, 0.3) is 5.89 Å². The van der Waals surface area contributed by atoms with Crippen LogP contribution in [-0.4, -0.2) is 15.2 Å². The zero-order valence-corrected chi connectivity index (χ0v) is 13.4. The Morgan fingerprint density at radius 3 is 2.74 bits per heavy atom. The fourth-order valence-corrected chi connectivity index (χ4v) is 4.00. The summed E-state index contributed by atoms with van der Waals surface area (Å²) in [7, 11) is 0. The number of hydrogen-bond donors (Lipinski definition) is 0. The number of rotatable bonds is 4. The topological polar surface area (TPSA) is 51.8 Å². The second-order valence-electron chi connectivity index (χ2n) is 4.72. The quantitative estimate of drug-likeness (QED) is 0.499. The van der Waals surface area contributed by atoms with E-state index in [9.17, 15) is 4.39 Å². The van der Waals surface area contributed by atoms with Gasteiger partial charge in [0.15, 0.2) is 4.34 Å². The molecule has 0 atom stereocenters. The summed E-state index contributed by atoms with van der Waals surface area (Å²) in [6, 6.07) is 14.3. The predicted molar refractivity (Wildman–Crippen MR) is 88.9 cm³/mol. The third-order valence-corrected chi connectivity index (χ3v) is 5.33. The number of halogens is 1. The monoisotopic (exact) mass is 343 g/mol. The lowest BCUT2D eigenvalue weighted by atomic mass is 10.2. The number of hydrogen-bond acceptors (Lipinski definition) is 6. The summed E-state index contributed by atoms with van der Waals surface area (Å²) in [5, 5.41) is 7.89. The van der Waals surface area contributed by atoms with E-state index in [-0.39, 0.29) is 11.7 Å². The Morgan fingerprint density at radius 1 is 1.04 bits per heavy atom. The van der Waals surface area contributed by atoms with Gasteiger partial charge in [-0.25, -0.2) is 9.37 Å². The summed E-state index contributed by atoms with van der Waals surface area (Å²) in [4.78, 5) is 4.54. The first kappa shape index (κ1) is 14.3. The third-order valence-electron chi connectivity index (χ3n) is 3.16. The Hall–Kier alpha value is -2.25. The van der Waals surface area contributed by atoms with Crippen molar-refractivity contribution in [2.75, 3.05) is 0 Å². The molecule has 2 aromatic carbocycles.